The highest BCUT2D eigenvalue weighted by Crippen LogP contribution is 2.39. The lowest BCUT2D eigenvalue weighted by atomic mass is 10.1. The van der Waals surface area contributed by atoms with E-state index in [-0.39, 0.29) is 49.6 Å². The smallest absolute Gasteiger partial charge is 0.387 e. The molecule has 2 aromatic carbocycles. The number of aryl methyl sites for hydroxylation is 1. The van der Waals surface area contributed by atoms with Crippen LogP contribution in [0.5, 0.6) is 17.2 Å². The van der Waals surface area contributed by atoms with Crippen LogP contribution in [-0.4, -0.2) is 37.6 Å². The maximum absolute atomic E-state index is 12.8. The van der Waals surface area contributed by atoms with Gasteiger partial charge in [0, 0.05) is 24.7 Å². The molecular formula is C21H26F2IN3O4. The number of ether oxygens (including phenoxy) is 3. The van der Waals surface area contributed by atoms with Gasteiger partial charge < -0.3 is 30.0 Å². The number of benzene rings is 2. The Balaban J connectivity index is 0.00000341. The van der Waals surface area contributed by atoms with Crippen LogP contribution in [0.3, 0.4) is 0 Å². The van der Waals surface area contributed by atoms with Crippen LogP contribution < -0.4 is 24.8 Å². The van der Waals surface area contributed by atoms with Crippen molar-refractivity contribution in [2.75, 3.05) is 19.9 Å². The molecule has 7 nitrogen and oxygen atoms in total. The van der Waals surface area contributed by atoms with Gasteiger partial charge in [-0.15, -0.1) is 24.0 Å². The van der Waals surface area contributed by atoms with Gasteiger partial charge in [-0.1, -0.05) is 29.8 Å². The van der Waals surface area contributed by atoms with Crippen LogP contribution >= 0.6 is 24.0 Å². The molecule has 1 heterocycles. The van der Waals surface area contributed by atoms with Gasteiger partial charge in [0.25, 0.3) is 0 Å². The second-order valence-corrected chi connectivity index (χ2v) is 6.70. The van der Waals surface area contributed by atoms with E-state index in [0.717, 1.165) is 11.1 Å². The van der Waals surface area contributed by atoms with E-state index in [9.17, 15) is 13.9 Å². The SMILES string of the molecule is CCNC(=NCc1cc2c(cc1OC(F)F)OCO2)NCC(O)c1cccc(C)c1.I. The molecule has 0 radical (unpaired) electrons. The largest absolute Gasteiger partial charge is 0.454 e. The fourth-order valence-corrected chi connectivity index (χ4v) is 2.99. The lowest BCUT2D eigenvalue weighted by Crippen LogP contribution is -2.39. The third kappa shape index (κ3) is 7.10. The van der Waals surface area contributed by atoms with Gasteiger partial charge in [-0.25, -0.2) is 4.99 Å². The van der Waals surface area contributed by atoms with E-state index in [1.165, 1.54) is 6.07 Å². The average molecular weight is 549 g/mol. The summed E-state index contributed by atoms with van der Waals surface area (Å²) in [5, 5.41) is 16.5. The van der Waals surface area contributed by atoms with Crippen LogP contribution in [0.15, 0.2) is 41.4 Å². The number of halogens is 3. The predicted octanol–water partition coefficient (Wildman–Crippen LogP) is 3.73. The Bertz CT molecular complexity index is 899. The second kappa shape index (κ2) is 11.9. The molecule has 31 heavy (non-hydrogen) atoms. The van der Waals surface area contributed by atoms with E-state index in [1.807, 2.05) is 38.1 Å². The normalized spacial score (nSPS) is 13.5. The number of rotatable bonds is 8. The molecule has 1 aliphatic rings. The van der Waals surface area contributed by atoms with Crippen LogP contribution in [0.1, 0.15) is 29.7 Å². The Labute approximate surface area is 196 Å². The maximum atomic E-state index is 12.8. The zero-order chi connectivity index (χ0) is 21.5. The van der Waals surface area contributed by atoms with Gasteiger partial charge in [0.15, 0.2) is 17.5 Å². The Kier molecular flexibility index (Phi) is 9.56. The summed E-state index contributed by atoms with van der Waals surface area (Å²) in [5.74, 6) is 1.22. The van der Waals surface area contributed by atoms with Crippen LogP contribution in [0.2, 0.25) is 0 Å². The predicted molar refractivity (Wildman–Crippen MR) is 124 cm³/mol. The monoisotopic (exact) mass is 549 g/mol. The van der Waals surface area contributed by atoms with Crippen molar-refractivity contribution in [3.63, 3.8) is 0 Å². The van der Waals surface area contributed by atoms with Gasteiger partial charge in [-0.2, -0.15) is 8.78 Å². The first-order valence-corrected chi connectivity index (χ1v) is 9.60. The number of hydrogen-bond donors (Lipinski definition) is 3. The van der Waals surface area contributed by atoms with Gasteiger partial charge >= 0.3 is 6.61 Å². The van der Waals surface area contributed by atoms with E-state index in [2.05, 4.69) is 20.4 Å². The Morgan fingerprint density at radius 3 is 2.61 bits per heavy atom. The summed E-state index contributed by atoms with van der Waals surface area (Å²) in [4.78, 5) is 4.42. The lowest BCUT2D eigenvalue weighted by Gasteiger charge is -2.16. The summed E-state index contributed by atoms with van der Waals surface area (Å²) < 4.78 is 40.7. The van der Waals surface area contributed by atoms with E-state index in [1.54, 1.807) is 6.07 Å². The summed E-state index contributed by atoms with van der Waals surface area (Å²) in [5.41, 5.74) is 2.28. The molecule has 0 saturated heterocycles. The first kappa shape index (κ1) is 24.9. The van der Waals surface area contributed by atoms with Gasteiger partial charge in [-0.3, -0.25) is 0 Å². The fraction of sp³-hybridized carbons (Fsp3) is 0.381. The van der Waals surface area contributed by atoms with Crippen molar-refractivity contribution in [1.82, 2.24) is 10.6 Å². The van der Waals surface area contributed by atoms with E-state index in [4.69, 9.17) is 9.47 Å². The Hall–Kier alpha value is -2.34. The molecule has 0 aliphatic carbocycles. The number of fused-ring (bicyclic) bond motifs is 1. The number of alkyl halides is 2. The van der Waals surface area contributed by atoms with Crippen molar-refractivity contribution in [2.45, 2.75) is 33.1 Å². The van der Waals surface area contributed by atoms with Crippen molar-refractivity contribution >= 4 is 29.9 Å². The van der Waals surface area contributed by atoms with Gasteiger partial charge in [-0.05, 0) is 25.5 Å². The van der Waals surface area contributed by atoms with Crippen molar-refractivity contribution in [3.8, 4) is 17.2 Å². The van der Waals surface area contributed by atoms with E-state index in [0.29, 0.717) is 29.6 Å². The minimum Gasteiger partial charge on any atom is -0.454 e. The molecule has 10 heteroatoms. The van der Waals surface area contributed by atoms with Crippen molar-refractivity contribution < 1.29 is 28.1 Å². The summed E-state index contributed by atoms with van der Waals surface area (Å²) >= 11 is 0. The van der Waals surface area contributed by atoms with Crippen LogP contribution in [0, 0.1) is 6.92 Å². The molecule has 3 N–H and O–H groups in total. The topological polar surface area (TPSA) is 84.3 Å². The van der Waals surface area contributed by atoms with Crippen LogP contribution in [0.4, 0.5) is 8.78 Å². The molecule has 0 bridgehead atoms. The summed E-state index contributed by atoms with van der Waals surface area (Å²) in [6, 6.07) is 10.6. The molecular weight excluding hydrogens is 523 g/mol. The highest BCUT2D eigenvalue weighted by Gasteiger charge is 2.20. The number of nitrogens with zero attached hydrogens (tertiary/aromatic N) is 1. The van der Waals surface area contributed by atoms with Crippen molar-refractivity contribution in [1.29, 1.82) is 0 Å². The summed E-state index contributed by atoms with van der Waals surface area (Å²) in [6.45, 7) is 1.81. The number of nitrogens with one attached hydrogen (secondary N) is 2. The molecule has 0 aromatic heterocycles. The minimum atomic E-state index is -2.97. The maximum Gasteiger partial charge on any atom is 0.387 e. The number of aliphatic imine (C=N–C) groups is 1. The van der Waals surface area contributed by atoms with Crippen molar-refractivity contribution in [3.05, 3.63) is 53.1 Å². The number of aliphatic hydroxyl groups excluding tert-OH is 1. The summed E-state index contributed by atoms with van der Waals surface area (Å²) in [7, 11) is 0. The van der Waals surface area contributed by atoms with E-state index < -0.39 is 12.7 Å². The molecule has 1 aliphatic heterocycles. The summed E-state index contributed by atoms with van der Waals surface area (Å²) in [6.07, 6.45) is -0.725. The van der Waals surface area contributed by atoms with Crippen LogP contribution in [0.25, 0.3) is 0 Å². The molecule has 1 atom stereocenters. The zero-order valence-electron chi connectivity index (χ0n) is 17.2. The molecule has 0 spiro atoms. The number of hydrogen-bond acceptors (Lipinski definition) is 5. The van der Waals surface area contributed by atoms with Gasteiger partial charge in [0.2, 0.25) is 6.79 Å². The van der Waals surface area contributed by atoms with Crippen molar-refractivity contribution in [2.24, 2.45) is 4.99 Å². The third-order valence-electron chi connectivity index (χ3n) is 4.41. The molecule has 1 unspecified atom stereocenters. The molecule has 2 aromatic rings. The van der Waals surface area contributed by atoms with E-state index >= 15 is 0 Å². The van der Waals surface area contributed by atoms with Gasteiger partial charge in [0.1, 0.15) is 5.75 Å². The highest BCUT2D eigenvalue weighted by atomic mass is 127. The minimum absolute atomic E-state index is 0. The molecule has 0 amide bonds. The highest BCUT2D eigenvalue weighted by molar-refractivity contribution is 14.0. The third-order valence-corrected chi connectivity index (χ3v) is 4.41. The number of aliphatic hydroxyl groups is 1. The van der Waals surface area contributed by atoms with Gasteiger partial charge in [0.05, 0.1) is 12.6 Å². The Morgan fingerprint density at radius 2 is 1.94 bits per heavy atom. The fourth-order valence-electron chi connectivity index (χ4n) is 2.99. The molecule has 0 fully saturated rings. The second-order valence-electron chi connectivity index (χ2n) is 6.70. The standard InChI is InChI=1S/C21H25F2N3O4.HI/c1-3-24-21(26-11-16(27)14-6-4-5-13(2)7-14)25-10-15-8-18-19(29-12-28-18)9-17(15)30-20(22)23;/h4-9,16,20,27H,3,10-12H2,1-2H3,(H2,24,25,26);1H. The zero-order valence-corrected chi connectivity index (χ0v) is 19.6. The number of guanidine groups is 1. The lowest BCUT2D eigenvalue weighted by molar-refractivity contribution is -0.0505. The molecule has 0 saturated carbocycles. The van der Waals surface area contributed by atoms with Crippen LogP contribution in [-0.2, 0) is 6.54 Å². The first-order chi connectivity index (χ1) is 14.5. The average Bonchev–Trinajstić information content (AvgIpc) is 3.16. The molecule has 170 valence electrons. The quantitative estimate of drug-likeness (QED) is 0.265. The first-order valence-electron chi connectivity index (χ1n) is 9.60. The Morgan fingerprint density at radius 1 is 1.19 bits per heavy atom. The molecule has 3 rings (SSSR count).